The Morgan fingerprint density at radius 3 is 2.38 bits per heavy atom. The number of aryl methyl sites for hydroxylation is 2. The predicted octanol–water partition coefficient (Wildman–Crippen LogP) is 7.77. The van der Waals surface area contributed by atoms with Crippen LogP contribution in [0.5, 0.6) is 0 Å². The van der Waals surface area contributed by atoms with Crippen LogP contribution >= 0.6 is 11.6 Å². The van der Waals surface area contributed by atoms with Crippen molar-refractivity contribution in [3.8, 4) is 11.1 Å². The van der Waals surface area contributed by atoms with Crippen molar-refractivity contribution in [1.29, 1.82) is 5.41 Å². The summed E-state index contributed by atoms with van der Waals surface area (Å²) in [7, 11) is 0. The molecule has 2 aromatic carbocycles. The minimum Gasteiger partial charge on any atom is -0.340 e. The van der Waals surface area contributed by atoms with Gasteiger partial charge in [-0.1, -0.05) is 43.2 Å². The summed E-state index contributed by atoms with van der Waals surface area (Å²) >= 11 is 6.54. The van der Waals surface area contributed by atoms with Gasteiger partial charge in [-0.3, -0.25) is 10.4 Å². The van der Waals surface area contributed by atoms with Gasteiger partial charge in [0.05, 0.1) is 16.4 Å². The molecular weight excluding hydrogens is 378 g/mol. The Labute approximate surface area is 179 Å². The molecule has 0 aliphatic heterocycles. The Morgan fingerprint density at radius 2 is 1.79 bits per heavy atom. The lowest BCUT2D eigenvalue weighted by Gasteiger charge is -2.14. The summed E-state index contributed by atoms with van der Waals surface area (Å²) in [4.78, 5) is 4.68. The fraction of sp³-hybridized carbons (Fsp3) is 0.280. The Bertz CT molecular complexity index is 964. The van der Waals surface area contributed by atoms with Gasteiger partial charge in [-0.15, -0.1) is 0 Å². The van der Waals surface area contributed by atoms with E-state index in [1.54, 1.807) is 6.08 Å². The fourth-order valence-electron chi connectivity index (χ4n) is 3.14. The number of anilines is 1. The third-order valence-corrected chi connectivity index (χ3v) is 4.87. The quantitative estimate of drug-likeness (QED) is 0.357. The molecule has 0 unspecified atom stereocenters. The molecule has 0 saturated carbocycles. The first kappa shape index (κ1) is 22.6. The van der Waals surface area contributed by atoms with E-state index in [2.05, 4.69) is 36.3 Å². The summed E-state index contributed by atoms with van der Waals surface area (Å²) in [5.74, 6) is 0.317. The number of aliphatic imine (C=N–C) groups is 1. The van der Waals surface area contributed by atoms with Crippen LogP contribution in [-0.2, 0) is 12.8 Å². The molecule has 2 N–H and O–H groups in total. The first-order valence-electron chi connectivity index (χ1n) is 10.0. The molecule has 0 aliphatic carbocycles. The fourth-order valence-corrected chi connectivity index (χ4v) is 3.36. The molecule has 0 aliphatic rings. The number of rotatable bonds is 7. The molecule has 4 heteroatoms. The minimum absolute atomic E-state index is 0.317. The van der Waals surface area contributed by atoms with Gasteiger partial charge in [0.2, 0.25) is 0 Å². The van der Waals surface area contributed by atoms with E-state index >= 15 is 0 Å². The standard InChI is InChI=1S/C25H30ClN3/c1-6-9-12-28-24-16-19(8-3)18(7-2)14-21(24)20-10-11-23(22(26)15-20)29-25(27)13-17(4)5/h6,9-16H,7-8H2,1-5H3,(H2,27,29)/b9-6+,28-12-. The Balaban J connectivity index is 2.50. The number of hydrogen-bond acceptors (Lipinski definition) is 2. The maximum absolute atomic E-state index is 8.03. The van der Waals surface area contributed by atoms with Gasteiger partial charge in [-0.25, -0.2) is 0 Å². The first-order valence-corrected chi connectivity index (χ1v) is 10.4. The molecule has 3 nitrogen and oxygen atoms in total. The third kappa shape index (κ3) is 6.16. The highest BCUT2D eigenvalue weighted by molar-refractivity contribution is 6.34. The van der Waals surface area contributed by atoms with Crippen LogP contribution in [0.4, 0.5) is 11.4 Å². The van der Waals surface area contributed by atoms with Crippen LogP contribution in [0.1, 0.15) is 45.7 Å². The summed E-state index contributed by atoms with van der Waals surface area (Å²) in [6, 6.07) is 10.3. The topological polar surface area (TPSA) is 48.2 Å². The SMILES string of the molecule is C/C=C/C=N\c1cc(CC)c(CC)cc1-c1ccc(NC(=N)C=C(C)C)c(Cl)c1. The molecule has 2 rings (SSSR count). The molecular formula is C25H30ClN3. The van der Waals surface area contributed by atoms with Crippen molar-refractivity contribution in [3.05, 3.63) is 70.3 Å². The number of benzene rings is 2. The maximum atomic E-state index is 8.03. The van der Waals surface area contributed by atoms with E-state index in [1.807, 2.05) is 57.3 Å². The lowest BCUT2D eigenvalue weighted by Crippen LogP contribution is -2.07. The molecule has 29 heavy (non-hydrogen) atoms. The van der Waals surface area contributed by atoms with Gasteiger partial charge in [0, 0.05) is 11.8 Å². The molecule has 0 fully saturated rings. The second-order valence-electron chi connectivity index (χ2n) is 7.10. The lowest BCUT2D eigenvalue weighted by molar-refractivity contribution is 1.04. The Kier molecular flexibility index (Phi) is 8.41. The van der Waals surface area contributed by atoms with Crippen LogP contribution in [0.3, 0.4) is 0 Å². The number of amidine groups is 1. The van der Waals surface area contributed by atoms with E-state index in [9.17, 15) is 0 Å². The molecule has 0 atom stereocenters. The second-order valence-corrected chi connectivity index (χ2v) is 7.51. The second kappa shape index (κ2) is 10.8. The monoisotopic (exact) mass is 407 g/mol. The maximum Gasteiger partial charge on any atom is 0.122 e. The van der Waals surface area contributed by atoms with Gasteiger partial charge in [-0.05, 0) is 86.7 Å². The van der Waals surface area contributed by atoms with Crippen LogP contribution in [0.2, 0.25) is 5.02 Å². The van der Waals surface area contributed by atoms with Gasteiger partial charge in [0.1, 0.15) is 5.84 Å². The summed E-state index contributed by atoms with van der Waals surface area (Å²) in [5, 5.41) is 11.7. The van der Waals surface area contributed by atoms with E-state index in [0.29, 0.717) is 10.9 Å². The van der Waals surface area contributed by atoms with E-state index in [0.717, 1.165) is 40.9 Å². The molecule has 0 radical (unpaired) electrons. The molecule has 0 heterocycles. The number of nitrogens with one attached hydrogen (secondary N) is 2. The van der Waals surface area contributed by atoms with Crippen LogP contribution < -0.4 is 5.32 Å². The number of nitrogens with zero attached hydrogens (tertiary/aromatic N) is 1. The summed E-state index contributed by atoms with van der Waals surface area (Å²) in [5.41, 5.74) is 7.44. The average molecular weight is 408 g/mol. The summed E-state index contributed by atoms with van der Waals surface area (Å²) in [6.45, 7) is 10.2. The van der Waals surface area contributed by atoms with E-state index in [4.69, 9.17) is 17.0 Å². The molecule has 0 spiro atoms. The molecule has 152 valence electrons. The minimum atomic E-state index is 0.317. The van der Waals surface area contributed by atoms with Crippen molar-refractivity contribution in [1.82, 2.24) is 0 Å². The Morgan fingerprint density at radius 1 is 1.10 bits per heavy atom. The van der Waals surface area contributed by atoms with Crippen molar-refractivity contribution >= 4 is 35.0 Å². The zero-order valence-electron chi connectivity index (χ0n) is 17.9. The van der Waals surface area contributed by atoms with Crippen LogP contribution in [-0.4, -0.2) is 12.1 Å². The summed E-state index contributed by atoms with van der Waals surface area (Å²) in [6.07, 6.45) is 9.44. The molecule has 0 aromatic heterocycles. The predicted molar refractivity (Wildman–Crippen MR) is 129 cm³/mol. The highest BCUT2D eigenvalue weighted by Crippen LogP contribution is 2.36. The normalized spacial score (nSPS) is 11.2. The van der Waals surface area contributed by atoms with Gasteiger partial charge < -0.3 is 5.32 Å². The molecule has 0 bridgehead atoms. The molecule has 2 aromatic rings. The van der Waals surface area contributed by atoms with Gasteiger partial charge in [0.15, 0.2) is 0 Å². The van der Waals surface area contributed by atoms with Crippen LogP contribution in [0.15, 0.2) is 59.1 Å². The summed E-state index contributed by atoms with van der Waals surface area (Å²) < 4.78 is 0. The van der Waals surface area contributed by atoms with Gasteiger partial charge in [-0.2, -0.15) is 0 Å². The smallest absolute Gasteiger partial charge is 0.122 e. The van der Waals surface area contributed by atoms with Crippen molar-refractivity contribution in [2.45, 2.75) is 47.5 Å². The van der Waals surface area contributed by atoms with Gasteiger partial charge >= 0.3 is 0 Å². The van der Waals surface area contributed by atoms with Crippen molar-refractivity contribution in [2.75, 3.05) is 5.32 Å². The van der Waals surface area contributed by atoms with Crippen molar-refractivity contribution in [3.63, 3.8) is 0 Å². The lowest BCUT2D eigenvalue weighted by atomic mass is 9.94. The zero-order valence-corrected chi connectivity index (χ0v) is 18.7. The molecule has 0 saturated heterocycles. The van der Waals surface area contributed by atoms with E-state index < -0.39 is 0 Å². The number of allylic oxidation sites excluding steroid dienone is 3. The average Bonchev–Trinajstić information content (AvgIpc) is 2.68. The van der Waals surface area contributed by atoms with Crippen molar-refractivity contribution < 1.29 is 0 Å². The number of hydrogen-bond donors (Lipinski definition) is 2. The zero-order chi connectivity index (χ0) is 21.4. The Hall–Kier alpha value is -2.65. The first-order chi connectivity index (χ1) is 13.9. The van der Waals surface area contributed by atoms with Crippen LogP contribution in [0.25, 0.3) is 11.1 Å². The molecule has 0 amide bonds. The number of halogens is 1. The van der Waals surface area contributed by atoms with E-state index in [1.165, 1.54) is 11.1 Å². The van der Waals surface area contributed by atoms with E-state index in [-0.39, 0.29) is 0 Å². The highest BCUT2D eigenvalue weighted by Gasteiger charge is 2.12. The largest absolute Gasteiger partial charge is 0.340 e. The highest BCUT2D eigenvalue weighted by atomic mass is 35.5. The third-order valence-electron chi connectivity index (χ3n) is 4.55. The van der Waals surface area contributed by atoms with Gasteiger partial charge in [0.25, 0.3) is 0 Å². The van der Waals surface area contributed by atoms with Crippen LogP contribution in [0, 0.1) is 5.41 Å². The van der Waals surface area contributed by atoms with Crippen molar-refractivity contribution in [2.24, 2.45) is 4.99 Å².